The Kier molecular flexibility index (Phi) is 7.02. The summed E-state index contributed by atoms with van der Waals surface area (Å²) < 4.78 is 5.91. The lowest BCUT2D eigenvalue weighted by atomic mass is 10.2. The fraction of sp³-hybridized carbons (Fsp3) is 0.688. The Morgan fingerprint density at radius 2 is 2.00 bits per heavy atom. The van der Waals surface area contributed by atoms with E-state index in [1.807, 2.05) is 20.8 Å². The summed E-state index contributed by atoms with van der Waals surface area (Å²) in [6.45, 7) is 11.9. The van der Waals surface area contributed by atoms with Crippen molar-refractivity contribution in [2.45, 2.75) is 60.0 Å². The minimum Gasteiger partial charge on any atom is -0.486 e. The number of anilines is 2. The van der Waals surface area contributed by atoms with Crippen LogP contribution in [0.2, 0.25) is 0 Å². The van der Waals surface area contributed by atoms with Crippen molar-refractivity contribution in [3.63, 3.8) is 0 Å². The van der Waals surface area contributed by atoms with Crippen LogP contribution in [-0.4, -0.2) is 25.0 Å². The molecule has 0 spiro atoms. The molecule has 2 N–H and O–H groups in total. The van der Waals surface area contributed by atoms with Gasteiger partial charge >= 0.3 is 0 Å². The largest absolute Gasteiger partial charge is 0.486 e. The van der Waals surface area contributed by atoms with Gasteiger partial charge in [0.1, 0.15) is 5.00 Å². The Hall–Kier alpha value is -1.23. The predicted molar refractivity (Wildman–Crippen MR) is 91.9 cm³/mol. The molecule has 0 aliphatic rings. The van der Waals surface area contributed by atoms with E-state index in [9.17, 15) is 4.79 Å². The van der Waals surface area contributed by atoms with Crippen molar-refractivity contribution < 1.29 is 9.53 Å². The molecule has 0 atom stereocenters. The molecule has 5 heteroatoms. The number of carbonyl (C=O) groups excluding carboxylic acids is 1. The predicted octanol–water partition coefficient (Wildman–Crippen LogP) is 4.34. The van der Waals surface area contributed by atoms with Gasteiger partial charge in [0.05, 0.1) is 16.7 Å². The molecule has 0 fully saturated rings. The smallest absolute Gasteiger partial charge is 0.177 e. The number of ketones is 1. The molecule has 0 saturated carbocycles. The van der Waals surface area contributed by atoms with Gasteiger partial charge in [0.25, 0.3) is 0 Å². The third-order valence-electron chi connectivity index (χ3n) is 3.26. The fourth-order valence-corrected chi connectivity index (χ4v) is 3.35. The quantitative estimate of drug-likeness (QED) is 0.689. The lowest BCUT2D eigenvalue weighted by Crippen LogP contribution is -2.24. The number of hydrogen-bond acceptors (Lipinski definition) is 5. The van der Waals surface area contributed by atoms with Gasteiger partial charge in [-0.1, -0.05) is 20.3 Å². The molecule has 0 aliphatic heterocycles. The minimum atomic E-state index is 0.0371. The lowest BCUT2D eigenvalue weighted by molar-refractivity contribution is 0.0992. The van der Waals surface area contributed by atoms with Crippen molar-refractivity contribution in [2.24, 2.45) is 0 Å². The number of nitrogens with two attached hydrogens (primary N) is 1. The molecule has 21 heavy (non-hydrogen) atoms. The summed E-state index contributed by atoms with van der Waals surface area (Å²) in [6.07, 6.45) is 2.75. The van der Waals surface area contributed by atoms with E-state index in [4.69, 9.17) is 10.5 Å². The number of unbranched alkanes of at least 4 members (excludes halogenated alkanes) is 1. The summed E-state index contributed by atoms with van der Waals surface area (Å²) in [7, 11) is 0. The summed E-state index contributed by atoms with van der Waals surface area (Å²) in [5.41, 5.74) is 6.69. The number of carbonyl (C=O) groups is 1. The molecule has 1 aromatic heterocycles. The number of thiophene rings is 1. The molecular weight excluding hydrogens is 284 g/mol. The topological polar surface area (TPSA) is 55.6 Å². The highest BCUT2D eigenvalue weighted by molar-refractivity contribution is 7.19. The average molecular weight is 312 g/mol. The molecule has 1 rings (SSSR count). The molecule has 0 unspecified atom stereocenters. The Balaban J connectivity index is 3.23. The number of ether oxygens (including phenoxy) is 1. The van der Waals surface area contributed by atoms with E-state index < -0.39 is 0 Å². The highest BCUT2D eigenvalue weighted by Gasteiger charge is 2.24. The molecular formula is C16H28N2O2S. The number of hydrogen-bond donors (Lipinski definition) is 1. The maximum Gasteiger partial charge on any atom is 0.177 e. The van der Waals surface area contributed by atoms with Gasteiger partial charge in [0.15, 0.2) is 11.5 Å². The van der Waals surface area contributed by atoms with Crippen molar-refractivity contribution in [1.29, 1.82) is 0 Å². The molecule has 0 bridgehead atoms. The van der Waals surface area contributed by atoms with Gasteiger partial charge in [-0.25, -0.2) is 0 Å². The molecule has 120 valence electrons. The summed E-state index contributed by atoms with van der Waals surface area (Å²) in [5.74, 6) is 0.772. The summed E-state index contributed by atoms with van der Waals surface area (Å²) in [5, 5.41) is 0.994. The first-order valence-corrected chi connectivity index (χ1v) is 8.64. The van der Waals surface area contributed by atoms with Crippen LogP contribution in [0.25, 0.3) is 0 Å². The van der Waals surface area contributed by atoms with Gasteiger partial charge in [-0.3, -0.25) is 4.79 Å². The lowest BCUT2D eigenvalue weighted by Gasteiger charge is -2.23. The molecule has 0 saturated heterocycles. The van der Waals surface area contributed by atoms with E-state index in [1.54, 1.807) is 0 Å². The average Bonchev–Trinajstić information content (AvgIpc) is 2.76. The summed E-state index contributed by atoms with van der Waals surface area (Å²) in [6, 6.07) is 0. The maximum absolute atomic E-state index is 12.1. The Labute approximate surface area is 132 Å². The summed E-state index contributed by atoms with van der Waals surface area (Å²) >= 11 is 1.47. The number of rotatable bonds is 9. The van der Waals surface area contributed by atoms with Gasteiger partial charge < -0.3 is 15.4 Å². The fourth-order valence-electron chi connectivity index (χ4n) is 2.09. The monoisotopic (exact) mass is 312 g/mol. The van der Waals surface area contributed by atoms with Crippen molar-refractivity contribution in [3.05, 3.63) is 4.88 Å². The molecule has 1 aromatic rings. The highest BCUT2D eigenvalue weighted by Crippen LogP contribution is 2.46. The van der Waals surface area contributed by atoms with Crippen LogP contribution in [0.5, 0.6) is 5.75 Å². The van der Waals surface area contributed by atoms with Crippen molar-refractivity contribution in [1.82, 2.24) is 0 Å². The zero-order valence-corrected chi connectivity index (χ0v) is 14.7. The standard InChI is InChI=1S/C16H28N2O2S/c1-6-9-10-18(8-3)16-14(20-11(4)5)13(17)15(21-16)12(19)7-2/h11H,6-10,17H2,1-5H3. The number of nitrogens with zero attached hydrogens (tertiary/aromatic N) is 1. The van der Waals surface area contributed by atoms with Crippen molar-refractivity contribution >= 4 is 27.8 Å². The first-order chi connectivity index (χ1) is 9.96. The van der Waals surface area contributed by atoms with Crippen LogP contribution in [-0.2, 0) is 0 Å². The van der Waals surface area contributed by atoms with Crippen molar-refractivity contribution in [3.8, 4) is 5.75 Å². The van der Waals surface area contributed by atoms with E-state index in [0.29, 0.717) is 22.7 Å². The van der Waals surface area contributed by atoms with E-state index in [-0.39, 0.29) is 11.9 Å². The van der Waals surface area contributed by atoms with E-state index >= 15 is 0 Å². The van der Waals surface area contributed by atoms with Gasteiger partial charge in [-0.05, 0) is 27.2 Å². The van der Waals surface area contributed by atoms with Crippen molar-refractivity contribution in [2.75, 3.05) is 23.7 Å². The van der Waals surface area contributed by atoms with Crippen LogP contribution in [0, 0.1) is 0 Å². The molecule has 0 aromatic carbocycles. The van der Waals surface area contributed by atoms with Crippen LogP contribution in [0.1, 0.15) is 63.6 Å². The summed E-state index contributed by atoms with van der Waals surface area (Å²) in [4.78, 5) is 15.0. The van der Waals surface area contributed by atoms with Gasteiger partial charge in [-0.15, -0.1) is 11.3 Å². The zero-order valence-electron chi connectivity index (χ0n) is 13.9. The molecule has 0 radical (unpaired) electrons. The first kappa shape index (κ1) is 17.8. The van der Waals surface area contributed by atoms with Gasteiger partial charge in [0.2, 0.25) is 0 Å². The molecule has 1 heterocycles. The van der Waals surface area contributed by atoms with Crippen LogP contribution in [0.15, 0.2) is 0 Å². The molecule has 0 aliphatic carbocycles. The number of nitrogen functional groups attached to an aromatic ring is 1. The van der Waals surface area contributed by atoms with Crippen LogP contribution in [0.4, 0.5) is 10.7 Å². The van der Waals surface area contributed by atoms with Gasteiger partial charge in [0, 0.05) is 19.5 Å². The Bertz CT molecular complexity index is 469. The minimum absolute atomic E-state index is 0.0371. The third kappa shape index (κ3) is 4.37. The second-order valence-corrected chi connectivity index (χ2v) is 6.35. The van der Waals surface area contributed by atoms with Gasteiger partial charge in [-0.2, -0.15) is 0 Å². The van der Waals surface area contributed by atoms with E-state index in [0.717, 1.165) is 30.9 Å². The van der Waals surface area contributed by atoms with Crippen LogP contribution >= 0.6 is 11.3 Å². The molecule has 0 amide bonds. The van der Waals surface area contributed by atoms with E-state index in [2.05, 4.69) is 18.7 Å². The normalized spacial score (nSPS) is 11.0. The second-order valence-electron chi connectivity index (χ2n) is 5.36. The second kappa shape index (κ2) is 8.27. The third-order valence-corrected chi connectivity index (χ3v) is 4.55. The van der Waals surface area contributed by atoms with E-state index in [1.165, 1.54) is 11.3 Å². The number of Topliss-reactive ketones (excluding diaryl/α,β-unsaturated/α-hetero) is 1. The Morgan fingerprint density at radius 3 is 2.48 bits per heavy atom. The SMILES string of the molecule is CCCCN(CC)c1sc(C(=O)CC)c(N)c1OC(C)C. The zero-order chi connectivity index (χ0) is 16.0. The highest BCUT2D eigenvalue weighted by atomic mass is 32.1. The first-order valence-electron chi connectivity index (χ1n) is 7.83. The van der Waals surface area contributed by atoms with Crippen LogP contribution in [0.3, 0.4) is 0 Å². The Morgan fingerprint density at radius 1 is 1.33 bits per heavy atom. The molecule has 4 nitrogen and oxygen atoms in total. The maximum atomic E-state index is 12.1. The van der Waals surface area contributed by atoms with Crippen LogP contribution < -0.4 is 15.4 Å².